The summed E-state index contributed by atoms with van der Waals surface area (Å²) in [5.74, 6) is -0.549. The van der Waals surface area contributed by atoms with Gasteiger partial charge < -0.3 is 9.84 Å². The van der Waals surface area contributed by atoms with E-state index in [-0.39, 0.29) is 5.69 Å². The zero-order valence-corrected chi connectivity index (χ0v) is 9.65. The Balaban J connectivity index is 2.49. The summed E-state index contributed by atoms with van der Waals surface area (Å²) in [4.78, 5) is 10.7. The van der Waals surface area contributed by atoms with E-state index in [9.17, 15) is 4.79 Å². The molecule has 0 aliphatic heterocycles. The smallest absolute Gasteiger partial charge is 0.353 e. The Labute approximate surface area is 102 Å². The topological polar surface area (TPSA) is 75.2 Å². The molecule has 2 N–H and O–H groups in total. The normalized spacial score (nSPS) is 10.2. The molecule has 2 rings (SSSR count). The highest BCUT2D eigenvalue weighted by molar-refractivity contribution is 6.34. The van der Waals surface area contributed by atoms with Gasteiger partial charge in [-0.05, 0) is 12.1 Å². The Morgan fingerprint density at radius 2 is 2.29 bits per heavy atom. The van der Waals surface area contributed by atoms with Crippen molar-refractivity contribution in [2.24, 2.45) is 0 Å². The van der Waals surface area contributed by atoms with E-state index >= 15 is 0 Å². The van der Waals surface area contributed by atoms with Crippen LogP contribution < -0.4 is 4.74 Å². The Morgan fingerprint density at radius 1 is 1.53 bits per heavy atom. The molecule has 0 saturated carbocycles. The van der Waals surface area contributed by atoms with Crippen molar-refractivity contribution in [3.05, 3.63) is 35.0 Å². The monoisotopic (exact) mass is 252 g/mol. The minimum atomic E-state index is -1.07. The van der Waals surface area contributed by atoms with Gasteiger partial charge in [0.2, 0.25) is 0 Å². The number of nitrogens with zero attached hydrogens (tertiary/aromatic N) is 1. The second-order valence-electron chi connectivity index (χ2n) is 3.29. The average Bonchev–Trinajstić information content (AvgIpc) is 2.78. The van der Waals surface area contributed by atoms with E-state index in [1.807, 2.05) is 0 Å². The average molecular weight is 253 g/mol. The van der Waals surface area contributed by atoms with E-state index in [1.54, 1.807) is 18.2 Å². The molecule has 0 spiro atoms. The third-order valence-electron chi connectivity index (χ3n) is 2.27. The van der Waals surface area contributed by atoms with Gasteiger partial charge in [0.25, 0.3) is 0 Å². The number of carboxylic acids is 1. The van der Waals surface area contributed by atoms with E-state index in [0.29, 0.717) is 22.0 Å². The van der Waals surface area contributed by atoms with Crippen LogP contribution in [0.15, 0.2) is 24.3 Å². The zero-order chi connectivity index (χ0) is 12.4. The molecule has 0 aliphatic carbocycles. The highest BCUT2D eigenvalue weighted by Crippen LogP contribution is 2.34. The lowest BCUT2D eigenvalue weighted by atomic mass is 10.1. The van der Waals surface area contributed by atoms with Gasteiger partial charge in [-0.15, -0.1) is 0 Å². The van der Waals surface area contributed by atoms with Crippen molar-refractivity contribution >= 4 is 17.6 Å². The summed E-state index contributed by atoms with van der Waals surface area (Å²) >= 11 is 6.11. The first-order chi connectivity index (χ1) is 8.13. The van der Waals surface area contributed by atoms with Gasteiger partial charge >= 0.3 is 5.97 Å². The number of hydrogen-bond donors (Lipinski definition) is 2. The third-order valence-corrected chi connectivity index (χ3v) is 2.66. The molecule has 0 aliphatic rings. The number of aromatic amines is 1. The minimum absolute atomic E-state index is 0.0129. The van der Waals surface area contributed by atoms with Crippen LogP contribution >= 0.6 is 11.6 Å². The van der Waals surface area contributed by atoms with Crippen molar-refractivity contribution in [3.63, 3.8) is 0 Å². The summed E-state index contributed by atoms with van der Waals surface area (Å²) in [6.07, 6.45) is 0. The van der Waals surface area contributed by atoms with E-state index in [0.717, 1.165) is 0 Å². The third kappa shape index (κ3) is 2.09. The number of methoxy groups -OCH3 is 1. The number of ether oxygens (including phenoxy) is 1. The number of benzene rings is 1. The quantitative estimate of drug-likeness (QED) is 0.880. The SMILES string of the molecule is COc1cccc(-c2cc(C(=O)O)[nH]n2)c1Cl. The highest BCUT2D eigenvalue weighted by Gasteiger charge is 2.13. The van der Waals surface area contributed by atoms with Gasteiger partial charge in [-0.1, -0.05) is 23.7 Å². The van der Waals surface area contributed by atoms with E-state index < -0.39 is 5.97 Å². The van der Waals surface area contributed by atoms with Gasteiger partial charge in [0.05, 0.1) is 17.8 Å². The van der Waals surface area contributed by atoms with Crippen molar-refractivity contribution in [2.75, 3.05) is 7.11 Å². The fourth-order valence-electron chi connectivity index (χ4n) is 1.44. The molecule has 2 aromatic rings. The summed E-state index contributed by atoms with van der Waals surface area (Å²) in [5, 5.41) is 15.5. The molecular formula is C11H9ClN2O3. The van der Waals surface area contributed by atoms with Gasteiger partial charge in [-0.2, -0.15) is 5.10 Å². The summed E-state index contributed by atoms with van der Waals surface area (Å²) in [6.45, 7) is 0. The van der Waals surface area contributed by atoms with Gasteiger partial charge in [-0.25, -0.2) is 4.79 Å². The summed E-state index contributed by atoms with van der Waals surface area (Å²) in [7, 11) is 1.51. The number of carbonyl (C=O) groups is 1. The Morgan fingerprint density at radius 3 is 2.88 bits per heavy atom. The minimum Gasteiger partial charge on any atom is -0.495 e. The van der Waals surface area contributed by atoms with Gasteiger partial charge in [0.15, 0.2) is 0 Å². The van der Waals surface area contributed by atoms with E-state index in [4.69, 9.17) is 21.4 Å². The lowest BCUT2D eigenvalue weighted by Crippen LogP contribution is -1.95. The van der Waals surface area contributed by atoms with Crippen LogP contribution in [0.3, 0.4) is 0 Å². The molecule has 17 heavy (non-hydrogen) atoms. The van der Waals surface area contributed by atoms with Crippen LogP contribution in [-0.2, 0) is 0 Å². The lowest BCUT2D eigenvalue weighted by Gasteiger charge is -2.05. The number of rotatable bonds is 3. The van der Waals surface area contributed by atoms with Crippen LogP contribution in [-0.4, -0.2) is 28.4 Å². The first-order valence-electron chi connectivity index (χ1n) is 4.75. The molecule has 0 bridgehead atoms. The molecule has 0 unspecified atom stereocenters. The van der Waals surface area contributed by atoms with Crippen molar-refractivity contribution in [1.29, 1.82) is 0 Å². The highest BCUT2D eigenvalue weighted by atomic mass is 35.5. The summed E-state index contributed by atoms with van der Waals surface area (Å²) < 4.78 is 5.08. The molecule has 0 atom stereocenters. The predicted molar refractivity (Wildman–Crippen MR) is 62.5 cm³/mol. The molecule has 0 saturated heterocycles. The summed E-state index contributed by atoms with van der Waals surface area (Å²) in [6, 6.07) is 6.64. The Bertz CT molecular complexity index is 566. The maximum atomic E-state index is 10.7. The second-order valence-corrected chi connectivity index (χ2v) is 3.67. The molecule has 6 heteroatoms. The van der Waals surface area contributed by atoms with Crippen LogP contribution in [0.5, 0.6) is 5.75 Å². The largest absolute Gasteiger partial charge is 0.495 e. The number of aromatic nitrogens is 2. The Hall–Kier alpha value is -2.01. The van der Waals surface area contributed by atoms with Crippen LogP contribution in [0.4, 0.5) is 0 Å². The number of H-pyrrole nitrogens is 1. The first-order valence-corrected chi connectivity index (χ1v) is 5.13. The maximum Gasteiger partial charge on any atom is 0.353 e. The van der Waals surface area contributed by atoms with Crippen molar-refractivity contribution in [3.8, 4) is 17.0 Å². The Kier molecular flexibility index (Phi) is 3.01. The fourth-order valence-corrected chi connectivity index (χ4v) is 1.74. The number of nitrogens with one attached hydrogen (secondary N) is 1. The molecule has 0 amide bonds. The van der Waals surface area contributed by atoms with E-state index in [2.05, 4.69) is 10.2 Å². The first kappa shape index (κ1) is 11.5. The van der Waals surface area contributed by atoms with Gasteiger partial charge in [0.1, 0.15) is 11.4 Å². The molecule has 0 fully saturated rings. The van der Waals surface area contributed by atoms with E-state index in [1.165, 1.54) is 13.2 Å². The number of hydrogen-bond acceptors (Lipinski definition) is 3. The molecule has 1 aromatic heterocycles. The molecule has 0 radical (unpaired) electrons. The lowest BCUT2D eigenvalue weighted by molar-refractivity contribution is 0.0690. The van der Waals surface area contributed by atoms with Crippen LogP contribution in [0.2, 0.25) is 5.02 Å². The second kappa shape index (κ2) is 4.47. The molecule has 1 heterocycles. The number of halogens is 1. The molecule has 1 aromatic carbocycles. The van der Waals surface area contributed by atoms with Gasteiger partial charge in [0, 0.05) is 5.56 Å². The maximum absolute atomic E-state index is 10.7. The van der Waals surface area contributed by atoms with Crippen LogP contribution in [0, 0.1) is 0 Å². The molecule has 5 nitrogen and oxygen atoms in total. The van der Waals surface area contributed by atoms with Crippen LogP contribution in [0.1, 0.15) is 10.5 Å². The number of aromatic carboxylic acids is 1. The van der Waals surface area contributed by atoms with Gasteiger partial charge in [-0.3, -0.25) is 5.10 Å². The van der Waals surface area contributed by atoms with Crippen molar-refractivity contribution in [1.82, 2.24) is 10.2 Å². The summed E-state index contributed by atoms with van der Waals surface area (Å²) in [5.41, 5.74) is 1.10. The molecular weight excluding hydrogens is 244 g/mol. The zero-order valence-electron chi connectivity index (χ0n) is 8.90. The van der Waals surface area contributed by atoms with Crippen molar-refractivity contribution in [2.45, 2.75) is 0 Å². The fraction of sp³-hybridized carbons (Fsp3) is 0.0909. The predicted octanol–water partition coefficient (Wildman–Crippen LogP) is 2.44. The standard InChI is InChI=1S/C11H9ClN2O3/c1-17-9-4-2-3-6(10(9)12)7-5-8(11(15)16)14-13-7/h2-5H,1H3,(H,13,14)(H,15,16). The molecule has 88 valence electrons. The number of carboxylic acid groups (broad SMARTS) is 1. The van der Waals surface area contributed by atoms with Crippen molar-refractivity contribution < 1.29 is 14.6 Å². The van der Waals surface area contributed by atoms with Crippen LogP contribution in [0.25, 0.3) is 11.3 Å².